The summed E-state index contributed by atoms with van der Waals surface area (Å²) in [7, 11) is 2.16. The smallest absolute Gasteiger partial charge is 0.221 e. The van der Waals surface area contributed by atoms with Gasteiger partial charge in [-0.1, -0.05) is 23.7 Å². The zero-order valence-corrected chi connectivity index (χ0v) is 14.2. The summed E-state index contributed by atoms with van der Waals surface area (Å²) in [5.74, 6) is 1.78. The first kappa shape index (κ1) is 15.1. The maximum absolute atomic E-state index is 6.08. The van der Waals surface area contributed by atoms with Gasteiger partial charge in [-0.2, -0.15) is 0 Å². The number of likely N-dealkylation sites (tertiary alicyclic amines) is 1. The van der Waals surface area contributed by atoms with Gasteiger partial charge in [-0.05, 0) is 31.2 Å². The van der Waals surface area contributed by atoms with Crippen molar-refractivity contribution < 1.29 is 4.42 Å². The van der Waals surface area contributed by atoms with Gasteiger partial charge < -0.3 is 14.6 Å². The number of aromatic nitrogens is 2. The molecule has 0 bridgehead atoms. The van der Waals surface area contributed by atoms with E-state index in [-0.39, 0.29) is 5.41 Å². The second-order valence-corrected chi connectivity index (χ2v) is 7.42. The summed E-state index contributed by atoms with van der Waals surface area (Å²) < 4.78 is 5.99. The third-order valence-electron chi connectivity index (χ3n) is 5.09. The topological polar surface area (TPSA) is 54.2 Å². The molecule has 23 heavy (non-hydrogen) atoms. The Hall–Kier alpha value is -1.43. The molecule has 1 atom stereocenters. The standard InChI is InChI=1S/C17H21ClN4O/c1-11-5-12(3-4-14(11)18)6-15-20-21-16(23-15)13-7-19-8-17(13)9-22(2)10-17/h3-5,13,19H,6-10H2,1-2H3. The lowest BCUT2D eigenvalue weighted by atomic mass is 9.72. The van der Waals surface area contributed by atoms with Gasteiger partial charge >= 0.3 is 0 Å². The monoisotopic (exact) mass is 332 g/mol. The predicted octanol–water partition coefficient (Wildman–Crippen LogP) is 2.24. The number of nitrogens with one attached hydrogen (secondary N) is 1. The molecule has 2 saturated heterocycles. The summed E-state index contributed by atoms with van der Waals surface area (Å²) in [6, 6.07) is 6.01. The third kappa shape index (κ3) is 2.67. The maximum Gasteiger partial charge on any atom is 0.221 e. The van der Waals surface area contributed by atoms with Crippen LogP contribution < -0.4 is 5.32 Å². The van der Waals surface area contributed by atoms with Gasteiger partial charge in [0.15, 0.2) is 0 Å². The van der Waals surface area contributed by atoms with Crippen LogP contribution in [0.4, 0.5) is 0 Å². The molecule has 122 valence electrons. The fourth-order valence-electron chi connectivity index (χ4n) is 3.99. The molecule has 3 heterocycles. The first-order valence-electron chi connectivity index (χ1n) is 8.02. The number of aryl methyl sites for hydroxylation is 1. The summed E-state index contributed by atoms with van der Waals surface area (Å²) >= 11 is 6.08. The van der Waals surface area contributed by atoms with Gasteiger partial charge in [-0.15, -0.1) is 10.2 Å². The second kappa shape index (κ2) is 5.58. The molecule has 5 nitrogen and oxygen atoms in total. The second-order valence-electron chi connectivity index (χ2n) is 7.01. The van der Waals surface area contributed by atoms with Crippen LogP contribution in [-0.2, 0) is 6.42 Å². The lowest BCUT2D eigenvalue weighted by molar-refractivity contribution is 0.0191. The van der Waals surface area contributed by atoms with Gasteiger partial charge in [0, 0.05) is 36.6 Å². The van der Waals surface area contributed by atoms with E-state index in [4.69, 9.17) is 16.0 Å². The van der Waals surface area contributed by atoms with Crippen molar-refractivity contribution in [2.45, 2.75) is 19.3 Å². The molecular weight excluding hydrogens is 312 g/mol. The quantitative estimate of drug-likeness (QED) is 0.934. The number of hydrogen-bond donors (Lipinski definition) is 1. The van der Waals surface area contributed by atoms with Crippen LogP contribution in [-0.4, -0.2) is 48.3 Å². The molecular formula is C17H21ClN4O. The Bertz CT molecular complexity index is 723. The highest BCUT2D eigenvalue weighted by molar-refractivity contribution is 6.31. The number of hydrogen-bond acceptors (Lipinski definition) is 5. The van der Waals surface area contributed by atoms with Crippen LogP contribution in [0, 0.1) is 12.3 Å². The fraction of sp³-hybridized carbons (Fsp3) is 0.529. The number of rotatable bonds is 3. The van der Waals surface area contributed by atoms with Crippen molar-refractivity contribution in [1.82, 2.24) is 20.4 Å². The first-order valence-corrected chi connectivity index (χ1v) is 8.40. The molecule has 0 radical (unpaired) electrons. The van der Waals surface area contributed by atoms with Crippen LogP contribution in [0.1, 0.15) is 28.8 Å². The lowest BCUT2D eigenvalue weighted by Gasteiger charge is -2.48. The normalized spacial score (nSPS) is 23.3. The largest absolute Gasteiger partial charge is 0.425 e. The van der Waals surface area contributed by atoms with Crippen molar-refractivity contribution in [2.75, 3.05) is 33.2 Å². The summed E-state index contributed by atoms with van der Waals surface area (Å²) in [5, 5.41) is 12.9. The fourth-order valence-corrected chi connectivity index (χ4v) is 4.10. The van der Waals surface area contributed by atoms with Gasteiger partial charge in [0.25, 0.3) is 0 Å². The highest BCUT2D eigenvalue weighted by atomic mass is 35.5. The third-order valence-corrected chi connectivity index (χ3v) is 5.52. The van der Waals surface area contributed by atoms with E-state index in [1.54, 1.807) is 0 Å². The van der Waals surface area contributed by atoms with Crippen LogP contribution in [0.3, 0.4) is 0 Å². The van der Waals surface area contributed by atoms with Crippen LogP contribution >= 0.6 is 11.6 Å². The number of benzene rings is 1. The first-order chi connectivity index (χ1) is 11.1. The van der Waals surface area contributed by atoms with E-state index in [0.29, 0.717) is 18.2 Å². The molecule has 2 aliphatic rings. The molecule has 1 aromatic carbocycles. The van der Waals surface area contributed by atoms with Crippen molar-refractivity contribution in [3.05, 3.63) is 46.1 Å². The van der Waals surface area contributed by atoms with E-state index in [2.05, 4.69) is 33.5 Å². The molecule has 0 saturated carbocycles. The van der Waals surface area contributed by atoms with Gasteiger partial charge in [0.1, 0.15) is 0 Å². The average Bonchev–Trinajstić information content (AvgIpc) is 3.09. The Kier molecular flexibility index (Phi) is 3.67. The van der Waals surface area contributed by atoms with E-state index in [0.717, 1.165) is 48.2 Å². The molecule has 0 amide bonds. The minimum atomic E-state index is 0.273. The van der Waals surface area contributed by atoms with Gasteiger partial charge in [-0.3, -0.25) is 0 Å². The Balaban J connectivity index is 1.51. The molecule has 2 aliphatic heterocycles. The van der Waals surface area contributed by atoms with E-state index in [1.807, 2.05) is 19.1 Å². The molecule has 2 fully saturated rings. The highest BCUT2D eigenvalue weighted by Gasteiger charge is 2.52. The van der Waals surface area contributed by atoms with Crippen LogP contribution in [0.25, 0.3) is 0 Å². The lowest BCUT2D eigenvalue weighted by Crippen LogP contribution is -2.57. The zero-order chi connectivity index (χ0) is 16.0. The van der Waals surface area contributed by atoms with E-state index in [1.165, 1.54) is 0 Å². The molecule has 2 aromatic rings. The molecule has 0 aliphatic carbocycles. The van der Waals surface area contributed by atoms with Crippen LogP contribution in [0.2, 0.25) is 5.02 Å². The summed E-state index contributed by atoms with van der Waals surface area (Å²) in [6.45, 7) is 6.16. The summed E-state index contributed by atoms with van der Waals surface area (Å²) in [6.07, 6.45) is 0.651. The predicted molar refractivity (Wildman–Crippen MR) is 88.8 cm³/mol. The van der Waals surface area contributed by atoms with Gasteiger partial charge in [0.05, 0.1) is 12.3 Å². The molecule has 1 N–H and O–H groups in total. The van der Waals surface area contributed by atoms with Gasteiger partial charge in [-0.25, -0.2) is 0 Å². The number of nitrogens with zero attached hydrogens (tertiary/aromatic N) is 3. The minimum Gasteiger partial charge on any atom is -0.425 e. The Morgan fingerprint density at radius 3 is 2.96 bits per heavy atom. The average molecular weight is 333 g/mol. The molecule has 1 unspecified atom stereocenters. The van der Waals surface area contributed by atoms with E-state index in [9.17, 15) is 0 Å². The molecule has 4 rings (SSSR count). The van der Waals surface area contributed by atoms with Crippen molar-refractivity contribution in [3.8, 4) is 0 Å². The Labute approximate surface area is 141 Å². The summed E-state index contributed by atoms with van der Waals surface area (Å²) in [4.78, 5) is 2.34. The van der Waals surface area contributed by atoms with Crippen LogP contribution in [0.5, 0.6) is 0 Å². The SMILES string of the molecule is Cc1cc(Cc2nnc(C3CNCC34CN(C)C4)o2)ccc1Cl. The van der Waals surface area contributed by atoms with Crippen molar-refractivity contribution in [2.24, 2.45) is 5.41 Å². The van der Waals surface area contributed by atoms with E-state index >= 15 is 0 Å². The van der Waals surface area contributed by atoms with Gasteiger partial charge in [0.2, 0.25) is 11.8 Å². The molecule has 1 spiro atoms. The molecule has 1 aromatic heterocycles. The zero-order valence-electron chi connectivity index (χ0n) is 13.5. The highest BCUT2D eigenvalue weighted by Crippen LogP contribution is 2.45. The summed E-state index contributed by atoms with van der Waals surface area (Å²) in [5.41, 5.74) is 2.49. The Morgan fingerprint density at radius 1 is 1.39 bits per heavy atom. The van der Waals surface area contributed by atoms with Crippen molar-refractivity contribution >= 4 is 11.6 Å². The van der Waals surface area contributed by atoms with Crippen molar-refractivity contribution in [3.63, 3.8) is 0 Å². The minimum absolute atomic E-state index is 0.273. The molecule has 6 heteroatoms. The maximum atomic E-state index is 6.08. The number of halogens is 1. The van der Waals surface area contributed by atoms with Crippen LogP contribution in [0.15, 0.2) is 22.6 Å². The Morgan fingerprint density at radius 2 is 2.22 bits per heavy atom. The van der Waals surface area contributed by atoms with Crippen molar-refractivity contribution in [1.29, 1.82) is 0 Å². The van der Waals surface area contributed by atoms with E-state index < -0.39 is 0 Å².